The van der Waals surface area contributed by atoms with Crippen molar-refractivity contribution in [2.75, 3.05) is 6.54 Å². The van der Waals surface area contributed by atoms with Crippen molar-refractivity contribution in [2.24, 2.45) is 5.73 Å². The molecule has 6 heteroatoms. The van der Waals surface area contributed by atoms with Crippen LogP contribution in [0.3, 0.4) is 0 Å². The maximum Gasteiger partial charge on any atom is 0.401 e. The van der Waals surface area contributed by atoms with Crippen molar-refractivity contribution in [1.29, 1.82) is 0 Å². The molecule has 1 aliphatic carbocycles. The number of hydrogen-bond acceptors (Lipinski definition) is 3. The lowest BCUT2D eigenvalue weighted by Gasteiger charge is -2.22. The zero-order valence-electron chi connectivity index (χ0n) is 9.33. The third kappa shape index (κ3) is 3.74. The van der Waals surface area contributed by atoms with Gasteiger partial charge in [-0.1, -0.05) is 0 Å². The summed E-state index contributed by atoms with van der Waals surface area (Å²) < 4.78 is 42.4. The largest absolute Gasteiger partial charge is 0.463 e. The highest BCUT2D eigenvalue weighted by Crippen LogP contribution is 2.31. The Morgan fingerprint density at radius 3 is 2.41 bits per heavy atom. The molecule has 0 radical (unpaired) electrons. The molecule has 0 aromatic carbocycles. The average molecular weight is 248 g/mol. The quantitative estimate of drug-likeness (QED) is 0.869. The van der Waals surface area contributed by atoms with Gasteiger partial charge >= 0.3 is 6.18 Å². The van der Waals surface area contributed by atoms with Crippen LogP contribution in [0.2, 0.25) is 0 Å². The van der Waals surface area contributed by atoms with Crippen molar-refractivity contribution in [1.82, 2.24) is 4.90 Å². The van der Waals surface area contributed by atoms with E-state index < -0.39 is 12.7 Å². The minimum absolute atomic E-state index is 0.0445. The topological polar surface area (TPSA) is 42.4 Å². The van der Waals surface area contributed by atoms with Gasteiger partial charge in [-0.25, -0.2) is 0 Å². The zero-order valence-corrected chi connectivity index (χ0v) is 9.33. The highest BCUT2D eigenvalue weighted by molar-refractivity contribution is 5.07. The third-order valence-corrected chi connectivity index (χ3v) is 2.72. The van der Waals surface area contributed by atoms with Crippen LogP contribution in [0.5, 0.6) is 0 Å². The molecular weight excluding hydrogens is 233 g/mol. The van der Waals surface area contributed by atoms with Gasteiger partial charge in [0.05, 0.1) is 19.6 Å². The first-order valence-electron chi connectivity index (χ1n) is 5.56. The molecule has 0 spiro atoms. The van der Waals surface area contributed by atoms with Crippen LogP contribution in [0.15, 0.2) is 16.5 Å². The Morgan fingerprint density at radius 2 is 1.94 bits per heavy atom. The third-order valence-electron chi connectivity index (χ3n) is 2.72. The minimum atomic E-state index is -4.16. The van der Waals surface area contributed by atoms with E-state index in [1.165, 1.54) is 4.90 Å². The van der Waals surface area contributed by atoms with Gasteiger partial charge in [0.15, 0.2) is 0 Å². The Labute approximate surface area is 97.4 Å². The summed E-state index contributed by atoms with van der Waals surface area (Å²) in [5.74, 6) is 1.14. The monoisotopic (exact) mass is 248 g/mol. The molecule has 2 rings (SSSR count). The average Bonchev–Trinajstić information content (AvgIpc) is 2.97. The molecule has 0 saturated heterocycles. The van der Waals surface area contributed by atoms with E-state index >= 15 is 0 Å². The molecule has 0 unspecified atom stereocenters. The highest BCUT2D eigenvalue weighted by Gasteiger charge is 2.38. The van der Waals surface area contributed by atoms with Crippen molar-refractivity contribution in [3.8, 4) is 0 Å². The summed E-state index contributed by atoms with van der Waals surface area (Å²) in [6.07, 6.45) is -2.49. The molecule has 0 bridgehead atoms. The summed E-state index contributed by atoms with van der Waals surface area (Å²) in [7, 11) is 0. The smallest absolute Gasteiger partial charge is 0.401 e. The summed E-state index contributed by atoms with van der Waals surface area (Å²) in [4.78, 5) is 1.42. The van der Waals surface area contributed by atoms with Crippen LogP contribution in [0.4, 0.5) is 13.2 Å². The minimum Gasteiger partial charge on any atom is -0.463 e. The fraction of sp³-hybridized carbons (Fsp3) is 0.636. The van der Waals surface area contributed by atoms with Crippen LogP contribution in [0, 0.1) is 0 Å². The molecule has 1 saturated carbocycles. The number of hydrogen-bond donors (Lipinski definition) is 1. The van der Waals surface area contributed by atoms with Crippen LogP contribution < -0.4 is 5.73 Å². The van der Waals surface area contributed by atoms with Crippen LogP contribution in [0.1, 0.15) is 24.4 Å². The first-order valence-corrected chi connectivity index (χ1v) is 5.56. The lowest BCUT2D eigenvalue weighted by atomic mass is 10.3. The van der Waals surface area contributed by atoms with Gasteiger partial charge in [-0.15, -0.1) is 0 Å². The second-order valence-corrected chi connectivity index (χ2v) is 4.32. The van der Waals surface area contributed by atoms with Crippen molar-refractivity contribution in [2.45, 2.75) is 38.1 Å². The first-order chi connectivity index (χ1) is 7.98. The van der Waals surface area contributed by atoms with Crippen LogP contribution in [-0.4, -0.2) is 23.7 Å². The van der Waals surface area contributed by atoms with Gasteiger partial charge in [0.25, 0.3) is 0 Å². The van der Waals surface area contributed by atoms with Crippen LogP contribution in [-0.2, 0) is 13.1 Å². The zero-order chi connectivity index (χ0) is 12.5. The van der Waals surface area contributed by atoms with Gasteiger partial charge in [0, 0.05) is 6.04 Å². The first kappa shape index (κ1) is 12.4. The van der Waals surface area contributed by atoms with Crippen LogP contribution in [0.25, 0.3) is 0 Å². The maximum absolute atomic E-state index is 12.4. The second kappa shape index (κ2) is 4.70. The number of rotatable bonds is 5. The Kier molecular flexibility index (Phi) is 3.44. The predicted octanol–water partition coefficient (Wildman–Crippen LogP) is 2.27. The van der Waals surface area contributed by atoms with E-state index in [9.17, 15) is 13.2 Å². The maximum atomic E-state index is 12.4. The lowest BCUT2D eigenvalue weighted by molar-refractivity contribution is -0.148. The second-order valence-electron chi connectivity index (χ2n) is 4.32. The standard InChI is InChI=1S/C11H15F3N2O/c12-11(13,14)7-16(8-1-2-8)6-10-4-3-9(5-15)17-10/h3-4,8H,1-2,5-7,15H2. The molecule has 0 amide bonds. The van der Waals surface area contributed by atoms with Gasteiger partial charge in [-0.2, -0.15) is 13.2 Å². The Hall–Kier alpha value is -1.01. The number of furan rings is 1. The molecule has 2 N–H and O–H groups in total. The molecular formula is C11H15F3N2O. The fourth-order valence-electron chi connectivity index (χ4n) is 1.80. The van der Waals surface area contributed by atoms with Gasteiger partial charge in [0.1, 0.15) is 11.5 Å². The van der Waals surface area contributed by atoms with Crippen molar-refractivity contribution in [3.63, 3.8) is 0 Å². The van der Waals surface area contributed by atoms with E-state index in [4.69, 9.17) is 10.2 Å². The van der Waals surface area contributed by atoms with Gasteiger partial charge in [-0.3, -0.25) is 4.90 Å². The van der Waals surface area contributed by atoms with E-state index in [-0.39, 0.29) is 19.1 Å². The summed E-state index contributed by atoms with van der Waals surface area (Å²) in [6.45, 7) is -0.413. The molecule has 3 nitrogen and oxygen atoms in total. The molecule has 96 valence electrons. The van der Waals surface area contributed by atoms with Crippen LogP contribution >= 0.6 is 0 Å². The Balaban J connectivity index is 1.97. The molecule has 1 heterocycles. The number of nitrogens with two attached hydrogens (primary N) is 1. The van der Waals surface area contributed by atoms with Crippen molar-refractivity contribution in [3.05, 3.63) is 23.7 Å². The summed E-state index contributed by atoms with van der Waals surface area (Å²) >= 11 is 0. The molecule has 1 aliphatic rings. The Morgan fingerprint density at radius 1 is 1.29 bits per heavy atom. The molecule has 17 heavy (non-hydrogen) atoms. The van der Waals surface area contributed by atoms with Gasteiger partial charge in [-0.05, 0) is 25.0 Å². The molecule has 1 fully saturated rings. The van der Waals surface area contributed by atoms with E-state index in [0.717, 1.165) is 12.8 Å². The SMILES string of the molecule is NCc1ccc(CN(CC(F)(F)F)C2CC2)o1. The summed E-state index contributed by atoms with van der Waals surface area (Å²) in [6, 6.07) is 3.44. The summed E-state index contributed by atoms with van der Waals surface area (Å²) in [5, 5.41) is 0. The molecule has 1 aromatic heterocycles. The highest BCUT2D eigenvalue weighted by atomic mass is 19.4. The van der Waals surface area contributed by atoms with E-state index in [2.05, 4.69) is 0 Å². The molecule has 0 atom stereocenters. The normalized spacial score (nSPS) is 16.8. The van der Waals surface area contributed by atoms with Crippen molar-refractivity contribution >= 4 is 0 Å². The van der Waals surface area contributed by atoms with Crippen molar-refractivity contribution < 1.29 is 17.6 Å². The number of alkyl halides is 3. The predicted molar refractivity (Wildman–Crippen MR) is 56.1 cm³/mol. The lowest BCUT2D eigenvalue weighted by Crippen LogP contribution is -2.35. The van der Waals surface area contributed by atoms with E-state index in [1.54, 1.807) is 12.1 Å². The molecule has 1 aromatic rings. The van der Waals surface area contributed by atoms with Gasteiger partial charge in [0.2, 0.25) is 0 Å². The number of halogens is 3. The molecule has 0 aliphatic heterocycles. The van der Waals surface area contributed by atoms with E-state index in [0.29, 0.717) is 11.5 Å². The van der Waals surface area contributed by atoms with Gasteiger partial charge < -0.3 is 10.2 Å². The number of nitrogens with zero attached hydrogens (tertiary/aromatic N) is 1. The summed E-state index contributed by atoms with van der Waals surface area (Å²) in [5.41, 5.74) is 5.38. The van der Waals surface area contributed by atoms with E-state index in [1.807, 2.05) is 0 Å². The Bertz CT molecular complexity index is 371. The fourth-order valence-corrected chi connectivity index (χ4v) is 1.80.